The molecule has 0 aromatic rings. The summed E-state index contributed by atoms with van der Waals surface area (Å²) in [6.07, 6.45) is -1.87. The minimum atomic E-state index is -4.75. The molecule has 1 atom stereocenters. The Labute approximate surface area is 74.5 Å². The normalized spacial score (nSPS) is 20.6. The number of carbonyl (C=O) groups is 1. The predicted molar refractivity (Wildman–Crippen MR) is 41.0 cm³/mol. The maximum absolute atomic E-state index is 11.8. The van der Waals surface area contributed by atoms with E-state index in [4.69, 9.17) is 0 Å². The average molecular weight is 195 g/mol. The third-order valence-electron chi connectivity index (χ3n) is 2.47. The number of amides is 1. The van der Waals surface area contributed by atoms with Gasteiger partial charge in [0.15, 0.2) is 0 Å². The maximum atomic E-state index is 11.8. The fourth-order valence-electron chi connectivity index (χ4n) is 1.35. The fraction of sp³-hybridized carbons (Fsp3) is 0.875. The first-order chi connectivity index (χ1) is 5.91. The molecule has 1 rings (SSSR count). The number of hydrogen-bond donors (Lipinski definition) is 1. The van der Waals surface area contributed by atoms with Crippen molar-refractivity contribution < 1.29 is 18.0 Å². The summed E-state index contributed by atoms with van der Waals surface area (Å²) in [6, 6.07) is -0.358. The van der Waals surface area contributed by atoms with E-state index >= 15 is 0 Å². The molecule has 1 N–H and O–H groups in total. The maximum Gasteiger partial charge on any atom is 0.471 e. The van der Waals surface area contributed by atoms with Crippen LogP contribution in [0.4, 0.5) is 13.2 Å². The van der Waals surface area contributed by atoms with E-state index in [0.717, 1.165) is 19.3 Å². The van der Waals surface area contributed by atoms with E-state index in [-0.39, 0.29) is 12.0 Å². The monoisotopic (exact) mass is 195 g/mol. The van der Waals surface area contributed by atoms with Gasteiger partial charge in [-0.25, -0.2) is 0 Å². The van der Waals surface area contributed by atoms with Gasteiger partial charge in [0, 0.05) is 6.04 Å². The van der Waals surface area contributed by atoms with Crippen LogP contribution in [-0.4, -0.2) is 18.1 Å². The summed E-state index contributed by atoms with van der Waals surface area (Å²) in [6.45, 7) is 1.62. The van der Waals surface area contributed by atoms with Crippen LogP contribution in [0.15, 0.2) is 0 Å². The van der Waals surface area contributed by atoms with Crippen molar-refractivity contribution in [3.63, 3.8) is 0 Å². The standard InChI is InChI=1S/C8H12F3NO/c1-5(6-3-2-4-6)12-7(13)8(9,10)11/h5-6H,2-4H2,1H3,(H,12,13). The van der Waals surface area contributed by atoms with E-state index in [2.05, 4.69) is 0 Å². The molecule has 76 valence electrons. The molecular formula is C8H12F3NO. The van der Waals surface area contributed by atoms with Gasteiger partial charge in [-0.2, -0.15) is 13.2 Å². The van der Waals surface area contributed by atoms with Gasteiger partial charge < -0.3 is 5.32 Å². The molecule has 5 heteroatoms. The van der Waals surface area contributed by atoms with Gasteiger partial charge in [0.25, 0.3) is 0 Å². The predicted octanol–water partition coefficient (Wildman–Crippen LogP) is 1.85. The molecule has 1 saturated carbocycles. The SMILES string of the molecule is CC(NC(=O)C(F)(F)F)C1CCC1. The van der Waals surface area contributed by atoms with Crippen molar-refractivity contribution in [1.82, 2.24) is 5.32 Å². The van der Waals surface area contributed by atoms with Gasteiger partial charge in [0.2, 0.25) is 0 Å². The molecule has 1 fully saturated rings. The summed E-state index contributed by atoms with van der Waals surface area (Å²) in [7, 11) is 0. The van der Waals surface area contributed by atoms with Crippen molar-refractivity contribution >= 4 is 5.91 Å². The molecule has 1 unspecified atom stereocenters. The molecule has 0 bridgehead atoms. The van der Waals surface area contributed by atoms with E-state index in [9.17, 15) is 18.0 Å². The second kappa shape index (κ2) is 3.55. The summed E-state index contributed by atoms with van der Waals surface area (Å²) in [5.41, 5.74) is 0. The van der Waals surface area contributed by atoms with Gasteiger partial charge in [-0.15, -0.1) is 0 Å². The minimum Gasteiger partial charge on any atom is -0.346 e. The summed E-state index contributed by atoms with van der Waals surface area (Å²) in [5.74, 6) is -1.60. The van der Waals surface area contributed by atoms with Crippen LogP contribution in [0.2, 0.25) is 0 Å². The average Bonchev–Trinajstić information content (AvgIpc) is 1.79. The lowest BCUT2D eigenvalue weighted by molar-refractivity contribution is -0.174. The molecule has 2 nitrogen and oxygen atoms in total. The van der Waals surface area contributed by atoms with Gasteiger partial charge in [0.05, 0.1) is 0 Å². The van der Waals surface area contributed by atoms with E-state index in [0.29, 0.717) is 0 Å². The van der Waals surface area contributed by atoms with Gasteiger partial charge in [-0.1, -0.05) is 6.42 Å². The Morgan fingerprint density at radius 1 is 1.46 bits per heavy atom. The smallest absolute Gasteiger partial charge is 0.346 e. The Kier molecular flexibility index (Phi) is 2.83. The minimum absolute atomic E-state index is 0.228. The summed E-state index contributed by atoms with van der Waals surface area (Å²) in [4.78, 5) is 10.5. The molecular weight excluding hydrogens is 183 g/mol. The number of nitrogens with one attached hydrogen (secondary N) is 1. The Morgan fingerprint density at radius 3 is 2.31 bits per heavy atom. The molecule has 0 aromatic heterocycles. The van der Waals surface area contributed by atoms with Gasteiger partial charge in [-0.05, 0) is 25.7 Å². The van der Waals surface area contributed by atoms with Crippen molar-refractivity contribution in [2.75, 3.05) is 0 Å². The lowest BCUT2D eigenvalue weighted by atomic mass is 9.80. The third-order valence-corrected chi connectivity index (χ3v) is 2.47. The number of rotatable bonds is 2. The van der Waals surface area contributed by atoms with Crippen molar-refractivity contribution in [2.24, 2.45) is 5.92 Å². The zero-order chi connectivity index (χ0) is 10.1. The van der Waals surface area contributed by atoms with Crippen molar-refractivity contribution in [2.45, 2.75) is 38.4 Å². The number of halogens is 3. The second-order valence-corrected chi connectivity index (χ2v) is 3.45. The molecule has 0 saturated heterocycles. The van der Waals surface area contributed by atoms with Crippen LogP contribution >= 0.6 is 0 Å². The summed E-state index contributed by atoms with van der Waals surface area (Å²) >= 11 is 0. The summed E-state index contributed by atoms with van der Waals surface area (Å²) in [5, 5.41) is 1.96. The Morgan fingerprint density at radius 2 is 2.00 bits per heavy atom. The van der Waals surface area contributed by atoms with E-state index in [1.54, 1.807) is 6.92 Å². The van der Waals surface area contributed by atoms with Crippen LogP contribution in [0.25, 0.3) is 0 Å². The molecule has 13 heavy (non-hydrogen) atoms. The van der Waals surface area contributed by atoms with Crippen molar-refractivity contribution in [3.8, 4) is 0 Å². The van der Waals surface area contributed by atoms with Crippen LogP contribution in [0.3, 0.4) is 0 Å². The first-order valence-corrected chi connectivity index (χ1v) is 4.29. The van der Waals surface area contributed by atoms with E-state index in [1.165, 1.54) is 0 Å². The highest BCUT2D eigenvalue weighted by atomic mass is 19.4. The Hall–Kier alpha value is -0.740. The van der Waals surface area contributed by atoms with Crippen LogP contribution in [0.5, 0.6) is 0 Å². The zero-order valence-electron chi connectivity index (χ0n) is 7.32. The highest BCUT2D eigenvalue weighted by Gasteiger charge is 2.40. The third kappa shape index (κ3) is 2.60. The van der Waals surface area contributed by atoms with E-state index < -0.39 is 12.1 Å². The number of alkyl halides is 3. The molecule has 1 aliphatic rings. The fourth-order valence-corrected chi connectivity index (χ4v) is 1.35. The van der Waals surface area contributed by atoms with Gasteiger partial charge in [-0.3, -0.25) is 4.79 Å². The number of hydrogen-bond acceptors (Lipinski definition) is 1. The zero-order valence-corrected chi connectivity index (χ0v) is 7.32. The first-order valence-electron chi connectivity index (χ1n) is 4.29. The van der Waals surface area contributed by atoms with Crippen LogP contribution in [0.1, 0.15) is 26.2 Å². The lowest BCUT2D eigenvalue weighted by Gasteiger charge is -2.31. The molecule has 0 spiro atoms. The molecule has 0 radical (unpaired) electrons. The van der Waals surface area contributed by atoms with E-state index in [1.807, 2.05) is 5.32 Å². The van der Waals surface area contributed by atoms with Crippen molar-refractivity contribution in [1.29, 1.82) is 0 Å². The molecule has 0 aromatic carbocycles. The summed E-state index contributed by atoms with van der Waals surface area (Å²) < 4.78 is 35.3. The van der Waals surface area contributed by atoms with Gasteiger partial charge in [0.1, 0.15) is 0 Å². The second-order valence-electron chi connectivity index (χ2n) is 3.45. The number of carbonyl (C=O) groups excluding carboxylic acids is 1. The van der Waals surface area contributed by atoms with Crippen LogP contribution in [0, 0.1) is 5.92 Å². The van der Waals surface area contributed by atoms with Crippen LogP contribution in [-0.2, 0) is 4.79 Å². The van der Waals surface area contributed by atoms with Crippen molar-refractivity contribution in [3.05, 3.63) is 0 Å². The topological polar surface area (TPSA) is 29.1 Å². The first kappa shape index (κ1) is 10.3. The highest BCUT2D eigenvalue weighted by Crippen LogP contribution is 2.29. The molecule has 0 aliphatic heterocycles. The van der Waals surface area contributed by atoms with Gasteiger partial charge >= 0.3 is 12.1 Å². The quantitative estimate of drug-likeness (QED) is 0.715. The lowest BCUT2D eigenvalue weighted by Crippen LogP contribution is -2.46. The molecule has 1 amide bonds. The largest absolute Gasteiger partial charge is 0.471 e. The Bertz CT molecular complexity index is 198. The Balaban J connectivity index is 2.35. The molecule has 1 aliphatic carbocycles. The van der Waals surface area contributed by atoms with Crippen LogP contribution < -0.4 is 5.32 Å². The molecule has 0 heterocycles. The highest BCUT2D eigenvalue weighted by molar-refractivity contribution is 5.81.